The maximum Gasteiger partial charge on any atom is 0.256 e. The molecule has 0 bridgehead atoms. The van der Waals surface area contributed by atoms with Crippen LogP contribution in [0.2, 0.25) is 0 Å². The topological polar surface area (TPSA) is 80.3 Å². The second kappa shape index (κ2) is 10.1. The fraction of sp³-hybridized carbons (Fsp3) is 0.500. The number of para-hydroxylation sites is 1. The molecule has 8 nitrogen and oxygen atoms in total. The quantitative estimate of drug-likeness (QED) is 0.677. The number of ether oxygens (including phenoxy) is 3. The van der Waals surface area contributed by atoms with E-state index in [9.17, 15) is 9.59 Å². The number of likely N-dealkylation sites (tertiary alicyclic amines) is 1. The highest BCUT2D eigenvalue weighted by Gasteiger charge is 2.44. The Labute approximate surface area is 212 Å². The Kier molecular flexibility index (Phi) is 6.90. The fourth-order valence-electron chi connectivity index (χ4n) is 5.37. The van der Waals surface area contributed by atoms with Gasteiger partial charge in [-0.15, -0.1) is 0 Å². The molecule has 2 aromatic rings. The zero-order valence-corrected chi connectivity index (χ0v) is 21.3. The molecule has 1 spiro atoms. The minimum Gasteiger partial charge on any atom is -0.457 e. The van der Waals surface area contributed by atoms with Crippen molar-refractivity contribution in [2.24, 2.45) is 5.92 Å². The third-order valence-electron chi connectivity index (χ3n) is 7.34. The van der Waals surface area contributed by atoms with E-state index in [-0.39, 0.29) is 17.7 Å². The number of hydrogen-bond acceptors (Lipinski definition) is 6. The smallest absolute Gasteiger partial charge is 0.256 e. The molecular weight excluding hydrogens is 458 g/mol. The molecule has 2 amide bonds. The zero-order valence-electron chi connectivity index (χ0n) is 21.3. The van der Waals surface area contributed by atoms with Gasteiger partial charge in [-0.05, 0) is 42.7 Å². The van der Waals surface area contributed by atoms with Crippen LogP contribution in [-0.4, -0.2) is 72.8 Å². The van der Waals surface area contributed by atoms with E-state index in [1.54, 1.807) is 11.0 Å². The van der Waals surface area contributed by atoms with Crippen LogP contribution in [0.4, 0.5) is 5.69 Å². The number of amides is 2. The molecule has 2 saturated heterocycles. The van der Waals surface area contributed by atoms with Crippen LogP contribution in [0, 0.1) is 12.8 Å². The SMILES string of the molecule is Cc1ccccc1Oc1ccc2c(c1)C(=O)N([C@@H](C(=O)N1CCC3(CC1)OCCO3)C(C)C)CCN2. The number of fused-ring (bicyclic) bond motifs is 1. The van der Waals surface area contributed by atoms with Gasteiger partial charge in [0.1, 0.15) is 17.5 Å². The van der Waals surface area contributed by atoms with Gasteiger partial charge in [-0.3, -0.25) is 9.59 Å². The average Bonchev–Trinajstić information content (AvgIpc) is 3.26. The minimum absolute atomic E-state index is 0.0121. The molecular formula is C28H35N3O5. The summed E-state index contributed by atoms with van der Waals surface area (Å²) >= 11 is 0. The first-order valence-electron chi connectivity index (χ1n) is 12.9. The lowest BCUT2D eigenvalue weighted by Gasteiger charge is -2.41. The third kappa shape index (κ3) is 4.80. The second-order valence-corrected chi connectivity index (χ2v) is 10.1. The van der Waals surface area contributed by atoms with Gasteiger partial charge in [-0.2, -0.15) is 0 Å². The maximum atomic E-state index is 13.9. The lowest BCUT2D eigenvalue weighted by molar-refractivity contribution is -0.188. The van der Waals surface area contributed by atoms with Gasteiger partial charge in [-0.25, -0.2) is 0 Å². The summed E-state index contributed by atoms with van der Waals surface area (Å²) in [5.74, 6) is 0.584. The number of benzene rings is 2. The van der Waals surface area contributed by atoms with Crippen molar-refractivity contribution in [2.75, 3.05) is 44.7 Å². The van der Waals surface area contributed by atoms with Crippen LogP contribution in [-0.2, 0) is 14.3 Å². The van der Waals surface area contributed by atoms with Gasteiger partial charge >= 0.3 is 0 Å². The molecule has 2 fully saturated rings. The standard InChI is InChI=1S/C28H35N3O5/c1-19(2)25(27(33)30-13-10-28(11-14-30)34-16-17-35-28)31-15-12-29-23-9-8-21(18-22(23)26(31)32)36-24-7-5-4-6-20(24)3/h4-9,18-19,25,29H,10-17H2,1-3H3/t25-/m1/s1. The van der Waals surface area contributed by atoms with Crippen LogP contribution in [0.15, 0.2) is 42.5 Å². The molecule has 3 aliphatic heterocycles. The van der Waals surface area contributed by atoms with Crippen LogP contribution < -0.4 is 10.1 Å². The Morgan fingerprint density at radius 1 is 1.06 bits per heavy atom. The predicted octanol–water partition coefficient (Wildman–Crippen LogP) is 4.05. The highest BCUT2D eigenvalue weighted by molar-refractivity contribution is 6.03. The summed E-state index contributed by atoms with van der Waals surface area (Å²) in [5, 5.41) is 3.36. The summed E-state index contributed by atoms with van der Waals surface area (Å²) in [6.45, 7) is 9.33. The van der Waals surface area contributed by atoms with E-state index in [4.69, 9.17) is 14.2 Å². The van der Waals surface area contributed by atoms with Crippen LogP contribution >= 0.6 is 0 Å². The summed E-state index contributed by atoms with van der Waals surface area (Å²) in [6, 6.07) is 12.7. The molecule has 0 radical (unpaired) electrons. The first-order chi connectivity index (χ1) is 17.4. The Hall–Kier alpha value is -3.10. The van der Waals surface area contributed by atoms with E-state index in [1.165, 1.54) is 0 Å². The molecule has 0 unspecified atom stereocenters. The lowest BCUT2D eigenvalue weighted by Crippen LogP contribution is -2.57. The number of rotatable bonds is 5. The zero-order chi connectivity index (χ0) is 25.3. The Bertz CT molecular complexity index is 1120. The number of anilines is 1. The first-order valence-corrected chi connectivity index (χ1v) is 12.9. The van der Waals surface area contributed by atoms with Crippen molar-refractivity contribution in [1.82, 2.24) is 9.80 Å². The van der Waals surface area contributed by atoms with E-state index < -0.39 is 11.8 Å². The Morgan fingerprint density at radius 2 is 1.78 bits per heavy atom. The molecule has 0 aromatic heterocycles. The molecule has 2 aromatic carbocycles. The van der Waals surface area contributed by atoms with Crippen LogP contribution in [0.3, 0.4) is 0 Å². The summed E-state index contributed by atoms with van der Waals surface area (Å²) in [4.78, 5) is 31.2. The molecule has 1 atom stereocenters. The van der Waals surface area contributed by atoms with E-state index in [1.807, 2.05) is 62.1 Å². The number of aryl methyl sites for hydroxylation is 1. The summed E-state index contributed by atoms with van der Waals surface area (Å²) < 4.78 is 17.7. The van der Waals surface area contributed by atoms with Crippen molar-refractivity contribution >= 4 is 17.5 Å². The second-order valence-electron chi connectivity index (χ2n) is 10.1. The van der Waals surface area contributed by atoms with E-state index in [0.29, 0.717) is 63.5 Å². The monoisotopic (exact) mass is 493 g/mol. The van der Waals surface area contributed by atoms with Gasteiger partial charge in [0.05, 0.1) is 18.8 Å². The number of nitrogens with zero attached hydrogens (tertiary/aromatic N) is 2. The van der Waals surface area contributed by atoms with E-state index in [0.717, 1.165) is 17.0 Å². The van der Waals surface area contributed by atoms with E-state index >= 15 is 0 Å². The number of carbonyl (C=O) groups excluding carboxylic acids is 2. The van der Waals surface area contributed by atoms with Crippen molar-refractivity contribution < 1.29 is 23.8 Å². The molecule has 36 heavy (non-hydrogen) atoms. The van der Waals surface area contributed by atoms with E-state index in [2.05, 4.69) is 5.32 Å². The molecule has 5 rings (SSSR count). The molecule has 3 aliphatic rings. The number of carbonyl (C=O) groups is 2. The molecule has 0 aliphatic carbocycles. The highest BCUT2D eigenvalue weighted by atomic mass is 16.7. The van der Waals surface area contributed by atoms with Gasteiger partial charge in [0.25, 0.3) is 5.91 Å². The number of nitrogens with one attached hydrogen (secondary N) is 1. The maximum absolute atomic E-state index is 13.9. The largest absolute Gasteiger partial charge is 0.457 e. The van der Waals surface area contributed by atoms with Gasteiger partial charge in [0.2, 0.25) is 5.91 Å². The Morgan fingerprint density at radius 3 is 2.47 bits per heavy atom. The number of hydrogen-bond donors (Lipinski definition) is 1. The number of piperidine rings is 1. The molecule has 8 heteroatoms. The summed E-state index contributed by atoms with van der Waals surface area (Å²) in [6.07, 6.45) is 1.31. The van der Waals surface area contributed by atoms with Crippen molar-refractivity contribution in [3.05, 3.63) is 53.6 Å². The highest BCUT2D eigenvalue weighted by Crippen LogP contribution is 2.34. The van der Waals surface area contributed by atoms with Crippen LogP contribution in [0.5, 0.6) is 11.5 Å². The summed E-state index contributed by atoms with van der Waals surface area (Å²) in [7, 11) is 0. The summed E-state index contributed by atoms with van der Waals surface area (Å²) in [5.41, 5.74) is 2.29. The normalized spacial score (nSPS) is 20.2. The molecule has 3 heterocycles. The fourth-order valence-corrected chi connectivity index (χ4v) is 5.37. The average molecular weight is 494 g/mol. The molecule has 1 N–H and O–H groups in total. The van der Waals surface area contributed by atoms with Crippen molar-refractivity contribution in [1.29, 1.82) is 0 Å². The van der Waals surface area contributed by atoms with Gasteiger partial charge in [0, 0.05) is 44.7 Å². The first kappa shape index (κ1) is 24.6. The van der Waals surface area contributed by atoms with Gasteiger partial charge < -0.3 is 29.3 Å². The molecule has 0 saturated carbocycles. The predicted molar refractivity (Wildman–Crippen MR) is 136 cm³/mol. The van der Waals surface area contributed by atoms with Crippen molar-refractivity contribution in [3.8, 4) is 11.5 Å². The lowest BCUT2D eigenvalue weighted by atomic mass is 9.97. The van der Waals surface area contributed by atoms with Crippen LogP contribution in [0.25, 0.3) is 0 Å². The van der Waals surface area contributed by atoms with Crippen LogP contribution in [0.1, 0.15) is 42.6 Å². The van der Waals surface area contributed by atoms with Gasteiger partial charge in [0.15, 0.2) is 5.79 Å². The minimum atomic E-state index is -0.550. The van der Waals surface area contributed by atoms with Crippen molar-refractivity contribution in [2.45, 2.75) is 45.4 Å². The van der Waals surface area contributed by atoms with Crippen molar-refractivity contribution in [3.63, 3.8) is 0 Å². The molecule has 192 valence electrons. The van der Waals surface area contributed by atoms with Gasteiger partial charge in [-0.1, -0.05) is 32.0 Å². The third-order valence-corrected chi connectivity index (χ3v) is 7.34. The Balaban J connectivity index is 1.36.